The van der Waals surface area contributed by atoms with Gasteiger partial charge in [-0.25, -0.2) is 8.78 Å². The lowest BCUT2D eigenvalue weighted by Gasteiger charge is -2.44. The molecule has 8 heteroatoms. The van der Waals surface area contributed by atoms with Crippen molar-refractivity contribution < 1.29 is 23.5 Å². The molecule has 4 atom stereocenters. The van der Waals surface area contributed by atoms with Gasteiger partial charge < -0.3 is 21.1 Å². The third kappa shape index (κ3) is 6.50. The summed E-state index contributed by atoms with van der Waals surface area (Å²) in [7, 11) is 3.14. The molecule has 4 N–H and O–H groups in total. The summed E-state index contributed by atoms with van der Waals surface area (Å²) in [6.45, 7) is 2.59. The van der Waals surface area contributed by atoms with E-state index in [9.17, 15) is 23.5 Å². The van der Waals surface area contributed by atoms with Gasteiger partial charge in [-0.05, 0) is 41.7 Å². The zero-order chi connectivity index (χ0) is 27.2. The molecule has 1 aliphatic rings. The summed E-state index contributed by atoms with van der Waals surface area (Å²) >= 11 is 0. The van der Waals surface area contributed by atoms with Gasteiger partial charge in [-0.3, -0.25) is 9.59 Å². The SMILES string of the molecule is CCc1cccc(CNC[C@H](O)[C@@H](Cc2cc(F)cc(F)c2)C2(C(N)=O)C=CC=CC2C(=O)N(C)C)c1. The first kappa shape index (κ1) is 28.2. The fourth-order valence-corrected chi connectivity index (χ4v) is 5.06. The maximum Gasteiger partial charge on any atom is 0.230 e. The van der Waals surface area contributed by atoms with Gasteiger partial charge >= 0.3 is 0 Å². The predicted octanol–water partition coefficient (Wildman–Crippen LogP) is 3.14. The fraction of sp³-hybridized carbons (Fsp3) is 0.379. The number of nitrogens with zero attached hydrogens (tertiary/aromatic N) is 1. The number of benzene rings is 2. The first-order chi connectivity index (χ1) is 17.6. The molecular formula is C29H35F2N3O3. The molecule has 0 aliphatic heterocycles. The number of allylic oxidation sites excluding steroid dienone is 2. The number of amides is 2. The summed E-state index contributed by atoms with van der Waals surface area (Å²) in [5, 5.41) is 14.7. The van der Waals surface area contributed by atoms with Gasteiger partial charge in [-0.15, -0.1) is 0 Å². The van der Waals surface area contributed by atoms with Crippen LogP contribution in [0.2, 0.25) is 0 Å². The summed E-state index contributed by atoms with van der Waals surface area (Å²) in [5.74, 6) is -4.67. The molecule has 6 nitrogen and oxygen atoms in total. The van der Waals surface area contributed by atoms with Crippen molar-refractivity contribution in [2.45, 2.75) is 32.4 Å². The number of halogens is 2. The van der Waals surface area contributed by atoms with Gasteiger partial charge in [-0.1, -0.05) is 55.5 Å². The zero-order valence-corrected chi connectivity index (χ0v) is 21.5. The minimum absolute atomic E-state index is 0.0638. The number of aryl methyl sites for hydroxylation is 1. The quantitative estimate of drug-likeness (QED) is 0.432. The van der Waals surface area contributed by atoms with Crippen LogP contribution in [0, 0.1) is 28.9 Å². The van der Waals surface area contributed by atoms with Gasteiger partial charge in [0.25, 0.3) is 0 Å². The number of rotatable bonds is 11. The van der Waals surface area contributed by atoms with Gasteiger partial charge in [0.1, 0.15) is 11.6 Å². The van der Waals surface area contributed by atoms with Crippen LogP contribution in [0.25, 0.3) is 0 Å². The number of hydrogen-bond donors (Lipinski definition) is 3. The topological polar surface area (TPSA) is 95.7 Å². The van der Waals surface area contributed by atoms with Crippen LogP contribution in [0.1, 0.15) is 23.6 Å². The molecule has 0 bridgehead atoms. The highest BCUT2D eigenvalue weighted by Gasteiger charge is 2.53. The first-order valence-electron chi connectivity index (χ1n) is 12.4. The monoisotopic (exact) mass is 511 g/mol. The Morgan fingerprint density at radius 2 is 1.76 bits per heavy atom. The van der Waals surface area contributed by atoms with Crippen molar-refractivity contribution in [2.75, 3.05) is 20.6 Å². The largest absolute Gasteiger partial charge is 0.391 e. The van der Waals surface area contributed by atoms with Gasteiger partial charge in [0.15, 0.2) is 0 Å². The molecule has 37 heavy (non-hydrogen) atoms. The molecule has 2 aromatic rings. The standard InChI is InChI=1S/C29H35F2N3O3/c1-4-19-8-7-9-20(12-19)17-33-18-26(35)25(15-21-13-22(30)16-23(31)14-21)29(28(32)37)11-6-5-10-24(29)27(36)34(2)3/h5-14,16,24-26,33,35H,4,15,17-18H2,1-3H3,(H2,32,37)/t24?,25-,26+,29?/m1/s1. The molecule has 0 aromatic heterocycles. The summed E-state index contributed by atoms with van der Waals surface area (Å²) in [6, 6.07) is 11.1. The lowest BCUT2D eigenvalue weighted by Crippen LogP contribution is -2.57. The Morgan fingerprint density at radius 3 is 2.38 bits per heavy atom. The lowest BCUT2D eigenvalue weighted by atomic mass is 9.60. The molecule has 3 rings (SSSR count). The molecule has 2 unspecified atom stereocenters. The third-order valence-corrected chi connectivity index (χ3v) is 6.97. The predicted molar refractivity (Wildman–Crippen MR) is 139 cm³/mol. The van der Waals surface area contributed by atoms with E-state index in [0.29, 0.717) is 6.54 Å². The molecule has 198 valence electrons. The number of aliphatic hydroxyl groups is 1. The third-order valence-electron chi connectivity index (χ3n) is 6.97. The summed E-state index contributed by atoms with van der Waals surface area (Å²) in [5.41, 5.74) is 6.80. The van der Waals surface area contributed by atoms with Crippen LogP contribution in [0.4, 0.5) is 8.78 Å². The number of nitrogens with two attached hydrogens (primary N) is 1. The number of nitrogens with one attached hydrogen (secondary N) is 1. The van der Waals surface area contributed by atoms with Crippen LogP contribution in [0.5, 0.6) is 0 Å². The van der Waals surface area contributed by atoms with Crippen molar-refractivity contribution in [1.82, 2.24) is 10.2 Å². The van der Waals surface area contributed by atoms with Crippen molar-refractivity contribution in [3.8, 4) is 0 Å². The molecule has 0 spiro atoms. The van der Waals surface area contributed by atoms with Crippen LogP contribution < -0.4 is 11.1 Å². The fourth-order valence-electron chi connectivity index (χ4n) is 5.06. The van der Waals surface area contributed by atoms with Crippen LogP contribution in [-0.4, -0.2) is 48.6 Å². The van der Waals surface area contributed by atoms with Crippen molar-refractivity contribution in [3.05, 3.63) is 95.1 Å². The Balaban J connectivity index is 1.97. The number of aliphatic hydroxyl groups excluding tert-OH is 1. The Labute approximate surface area is 216 Å². The molecule has 1 aliphatic carbocycles. The van der Waals surface area contributed by atoms with E-state index < -0.39 is 40.9 Å². The van der Waals surface area contributed by atoms with E-state index >= 15 is 0 Å². The highest BCUT2D eigenvalue weighted by atomic mass is 19.1. The zero-order valence-electron chi connectivity index (χ0n) is 21.5. The lowest BCUT2D eigenvalue weighted by molar-refractivity contribution is -0.145. The van der Waals surface area contributed by atoms with E-state index in [4.69, 9.17) is 5.73 Å². The molecule has 2 aromatic carbocycles. The van der Waals surface area contributed by atoms with Crippen molar-refractivity contribution >= 4 is 11.8 Å². The minimum Gasteiger partial charge on any atom is -0.391 e. The van der Waals surface area contributed by atoms with Gasteiger partial charge in [0, 0.05) is 39.2 Å². The van der Waals surface area contributed by atoms with E-state index in [-0.39, 0.29) is 24.4 Å². The molecule has 0 heterocycles. The highest BCUT2D eigenvalue weighted by molar-refractivity contribution is 5.93. The molecule has 0 saturated heterocycles. The normalized spacial score (nSPS) is 20.4. The second-order valence-corrected chi connectivity index (χ2v) is 9.71. The van der Waals surface area contributed by atoms with E-state index in [1.165, 1.54) is 16.5 Å². The van der Waals surface area contributed by atoms with E-state index in [2.05, 4.69) is 18.3 Å². The van der Waals surface area contributed by atoms with Crippen molar-refractivity contribution in [1.29, 1.82) is 0 Å². The average molecular weight is 512 g/mol. The van der Waals surface area contributed by atoms with E-state index in [1.807, 2.05) is 18.2 Å². The van der Waals surface area contributed by atoms with Crippen LogP contribution in [-0.2, 0) is 29.0 Å². The number of primary amides is 1. The van der Waals surface area contributed by atoms with Crippen LogP contribution in [0.15, 0.2) is 66.8 Å². The second kappa shape index (κ2) is 12.3. The summed E-state index contributed by atoms with van der Waals surface area (Å²) in [6.07, 6.45) is 6.02. The number of carbonyl (C=O) groups excluding carboxylic acids is 2. The Bertz CT molecular complexity index is 1160. The maximum atomic E-state index is 14.0. The summed E-state index contributed by atoms with van der Waals surface area (Å²) < 4.78 is 28.1. The second-order valence-electron chi connectivity index (χ2n) is 9.71. The highest BCUT2D eigenvalue weighted by Crippen LogP contribution is 2.45. The van der Waals surface area contributed by atoms with E-state index in [1.54, 1.807) is 32.3 Å². The molecule has 0 fully saturated rings. The van der Waals surface area contributed by atoms with E-state index in [0.717, 1.165) is 30.2 Å². The van der Waals surface area contributed by atoms with Gasteiger partial charge in [-0.2, -0.15) is 0 Å². The molecule has 0 radical (unpaired) electrons. The first-order valence-corrected chi connectivity index (χ1v) is 12.4. The van der Waals surface area contributed by atoms with Crippen LogP contribution in [0.3, 0.4) is 0 Å². The van der Waals surface area contributed by atoms with Gasteiger partial charge in [0.05, 0.1) is 17.4 Å². The van der Waals surface area contributed by atoms with Crippen LogP contribution >= 0.6 is 0 Å². The number of carbonyl (C=O) groups is 2. The Kier molecular flexibility index (Phi) is 9.34. The summed E-state index contributed by atoms with van der Waals surface area (Å²) in [4.78, 5) is 27.7. The molecule has 0 saturated carbocycles. The Morgan fingerprint density at radius 1 is 1.08 bits per heavy atom. The molecule has 2 amide bonds. The van der Waals surface area contributed by atoms with Gasteiger partial charge in [0.2, 0.25) is 11.8 Å². The Hall–Kier alpha value is -3.36. The van der Waals surface area contributed by atoms with Crippen molar-refractivity contribution in [3.63, 3.8) is 0 Å². The number of hydrogen-bond acceptors (Lipinski definition) is 4. The minimum atomic E-state index is -1.62. The molecular weight excluding hydrogens is 476 g/mol. The average Bonchev–Trinajstić information content (AvgIpc) is 2.86. The van der Waals surface area contributed by atoms with Crippen molar-refractivity contribution in [2.24, 2.45) is 23.0 Å². The smallest absolute Gasteiger partial charge is 0.230 e. The maximum absolute atomic E-state index is 14.0.